The standard InChI is InChI=1S/C18H25F3N2O.C4H11N.CH4/c19-18(20,21)14-24-17-9-5-4-8-16(17)23-12-10-22(11-13-23)15-6-2-1-3-7-15;1-2-3-4-5;/h4-5,8-9,15H,1-3,6-7,10-14H2;2-5H2,1H3;1H4. The summed E-state index contributed by atoms with van der Waals surface area (Å²) >= 11 is 0. The van der Waals surface area contributed by atoms with Crippen molar-refractivity contribution in [3.8, 4) is 5.75 Å². The zero-order chi connectivity index (χ0) is 21.1. The SMILES string of the molecule is C.CCCCN.FC(F)(F)COc1ccccc1N1CCN(C2CCCCC2)CC1. The van der Waals surface area contributed by atoms with Crippen LogP contribution in [0.4, 0.5) is 18.9 Å². The van der Waals surface area contributed by atoms with Crippen LogP contribution in [0.5, 0.6) is 5.75 Å². The Bertz CT molecular complexity index is 567. The van der Waals surface area contributed by atoms with Crippen LogP contribution in [0, 0.1) is 0 Å². The van der Waals surface area contributed by atoms with Crippen molar-refractivity contribution in [2.24, 2.45) is 5.73 Å². The minimum atomic E-state index is -4.31. The van der Waals surface area contributed by atoms with Crippen molar-refractivity contribution in [1.29, 1.82) is 0 Å². The van der Waals surface area contributed by atoms with Crippen LogP contribution in [0.3, 0.4) is 0 Å². The van der Waals surface area contributed by atoms with Gasteiger partial charge in [0, 0.05) is 32.2 Å². The van der Waals surface area contributed by atoms with E-state index in [1.807, 2.05) is 12.1 Å². The van der Waals surface area contributed by atoms with Gasteiger partial charge in [-0.2, -0.15) is 13.2 Å². The molecule has 3 rings (SSSR count). The number of anilines is 1. The number of hydrogen-bond donors (Lipinski definition) is 1. The van der Waals surface area contributed by atoms with Gasteiger partial charge in [0.1, 0.15) is 5.75 Å². The van der Waals surface area contributed by atoms with Crippen LogP contribution in [0.25, 0.3) is 0 Å². The second-order valence-electron chi connectivity index (χ2n) is 7.83. The van der Waals surface area contributed by atoms with Gasteiger partial charge in [-0.3, -0.25) is 4.90 Å². The van der Waals surface area contributed by atoms with Gasteiger partial charge in [-0.15, -0.1) is 0 Å². The molecule has 0 aromatic heterocycles. The molecule has 1 aromatic carbocycles. The zero-order valence-electron chi connectivity index (χ0n) is 17.6. The molecule has 0 atom stereocenters. The number of benzene rings is 1. The molecule has 0 radical (unpaired) electrons. The Morgan fingerprint density at radius 2 is 1.67 bits per heavy atom. The lowest BCUT2D eigenvalue weighted by Crippen LogP contribution is -2.51. The smallest absolute Gasteiger partial charge is 0.422 e. The highest BCUT2D eigenvalue weighted by Gasteiger charge is 2.30. The van der Waals surface area contributed by atoms with Crippen molar-refractivity contribution >= 4 is 5.69 Å². The molecule has 1 saturated carbocycles. The molecule has 30 heavy (non-hydrogen) atoms. The largest absolute Gasteiger partial charge is 0.482 e. The normalized spacial score (nSPS) is 18.2. The monoisotopic (exact) mass is 431 g/mol. The van der Waals surface area contributed by atoms with E-state index < -0.39 is 12.8 Å². The lowest BCUT2D eigenvalue weighted by Gasteiger charge is -2.41. The van der Waals surface area contributed by atoms with Crippen molar-refractivity contribution in [3.05, 3.63) is 24.3 Å². The number of hydrogen-bond acceptors (Lipinski definition) is 4. The molecule has 2 aliphatic rings. The average Bonchev–Trinajstić information content (AvgIpc) is 2.74. The third-order valence-electron chi connectivity index (χ3n) is 5.56. The van der Waals surface area contributed by atoms with Crippen LogP contribution in [0.2, 0.25) is 0 Å². The maximum Gasteiger partial charge on any atom is 0.422 e. The molecule has 2 N–H and O–H groups in total. The quantitative estimate of drug-likeness (QED) is 0.649. The first-order valence-electron chi connectivity index (χ1n) is 10.9. The summed E-state index contributed by atoms with van der Waals surface area (Å²) in [4.78, 5) is 4.69. The number of halogens is 3. The number of nitrogens with two attached hydrogens (primary N) is 1. The van der Waals surface area contributed by atoms with Crippen molar-refractivity contribution in [2.45, 2.75) is 71.5 Å². The molecule has 4 nitrogen and oxygen atoms in total. The summed E-state index contributed by atoms with van der Waals surface area (Å²) in [6, 6.07) is 7.73. The van der Waals surface area contributed by atoms with Crippen molar-refractivity contribution in [1.82, 2.24) is 4.90 Å². The second kappa shape index (κ2) is 13.8. The molecule has 1 aromatic rings. The van der Waals surface area contributed by atoms with E-state index in [9.17, 15) is 13.2 Å². The Morgan fingerprint density at radius 1 is 1.03 bits per heavy atom. The first-order chi connectivity index (χ1) is 13.9. The van der Waals surface area contributed by atoms with E-state index in [-0.39, 0.29) is 7.43 Å². The number of piperazine rings is 1. The Labute approximate surface area is 180 Å². The number of para-hydroxylation sites is 2. The minimum absolute atomic E-state index is 0. The van der Waals surface area contributed by atoms with E-state index >= 15 is 0 Å². The highest BCUT2D eigenvalue weighted by Crippen LogP contribution is 2.31. The molecule has 1 aliphatic heterocycles. The highest BCUT2D eigenvalue weighted by atomic mass is 19.4. The first kappa shape index (κ1) is 26.6. The molecule has 1 heterocycles. The van der Waals surface area contributed by atoms with Crippen LogP contribution in [0.15, 0.2) is 24.3 Å². The molecule has 0 unspecified atom stereocenters. The van der Waals surface area contributed by atoms with Crippen molar-refractivity contribution in [2.75, 3.05) is 44.2 Å². The number of ether oxygens (including phenoxy) is 1. The Kier molecular flexibility index (Phi) is 12.2. The van der Waals surface area contributed by atoms with E-state index in [0.29, 0.717) is 11.8 Å². The summed E-state index contributed by atoms with van der Waals surface area (Å²) in [6.45, 7) is 5.34. The van der Waals surface area contributed by atoms with Gasteiger partial charge < -0.3 is 15.4 Å². The molecule has 0 amide bonds. The molecule has 1 aliphatic carbocycles. The number of nitrogens with zero attached hydrogens (tertiary/aromatic N) is 2. The number of rotatable bonds is 6. The first-order valence-corrected chi connectivity index (χ1v) is 10.9. The summed E-state index contributed by atoms with van der Waals surface area (Å²) in [5, 5.41) is 0. The van der Waals surface area contributed by atoms with E-state index in [1.165, 1.54) is 44.9 Å². The molecular weight excluding hydrogens is 391 g/mol. The molecule has 0 spiro atoms. The third-order valence-corrected chi connectivity index (χ3v) is 5.56. The van der Waals surface area contributed by atoms with Crippen LogP contribution >= 0.6 is 0 Å². The van der Waals surface area contributed by atoms with E-state index in [2.05, 4.69) is 16.7 Å². The molecule has 0 bridgehead atoms. The third kappa shape index (κ3) is 9.13. The van der Waals surface area contributed by atoms with E-state index in [4.69, 9.17) is 10.5 Å². The fourth-order valence-electron chi connectivity index (χ4n) is 3.98. The van der Waals surface area contributed by atoms with Crippen LogP contribution in [0.1, 0.15) is 59.3 Å². The summed E-state index contributed by atoms with van der Waals surface area (Å²) in [5.74, 6) is 0.320. The fourth-order valence-corrected chi connectivity index (χ4v) is 3.98. The lowest BCUT2D eigenvalue weighted by molar-refractivity contribution is -0.153. The highest BCUT2D eigenvalue weighted by molar-refractivity contribution is 5.58. The molecule has 7 heteroatoms. The summed E-state index contributed by atoms with van der Waals surface area (Å²) in [7, 11) is 0. The van der Waals surface area contributed by atoms with E-state index in [0.717, 1.165) is 38.4 Å². The minimum Gasteiger partial charge on any atom is -0.482 e. The zero-order valence-corrected chi connectivity index (χ0v) is 17.6. The van der Waals surface area contributed by atoms with Gasteiger partial charge in [0.2, 0.25) is 0 Å². The Balaban J connectivity index is 0.000000674. The van der Waals surface area contributed by atoms with Crippen LogP contribution in [-0.4, -0.2) is 56.4 Å². The second-order valence-corrected chi connectivity index (χ2v) is 7.83. The molecule has 1 saturated heterocycles. The van der Waals surface area contributed by atoms with E-state index in [1.54, 1.807) is 12.1 Å². The van der Waals surface area contributed by atoms with Gasteiger partial charge in [-0.1, -0.05) is 52.2 Å². The molecular formula is C23H40F3N3O. The van der Waals surface area contributed by atoms with Gasteiger partial charge in [0.25, 0.3) is 0 Å². The molecule has 2 fully saturated rings. The maximum absolute atomic E-state index is 12.4. The number of unbranched alkanes of at least 4 members (excludes halogenated alkanes) is 1. The Morgan fingerprint density at radius 3 is 2.20 bits per heavy atom. The predicted octanol–water partition coefficient (Wildman–Crippen LogP) is 5.46. The maximum atomic E-state index is 12.4. The van der Waals surface area contributed by atoms with Gasteiger partial charge in [-0.05, 0) is 37.9 Å². The molecule has 174 valence electrons. The van der Waals surface area contributed by atoms with Gasteiger partial charge in [0.15, 0.2) is 6.61 Å². The topological polar surface area (TPSA) is 41.7 Å². The predicted molar refractivity (Wildman–Crippen MR) is 119 cm³/mol. The number of alkyl halides is 3. The van der Waals surface area contributed by atoms with Crippen molar-refractivity contribution < 1.29 is 17.9 Å². The Hall–Kier alpha value is -1.47. The summed E-state index contributed by atoms with van der Waals surface area (Å²) in [5.41, 5.74) is 5.91. The fraction of sp³-hybridized carbons (Fsp3) is 0.739. The average molecular weight is 432 g/mol. The summed E-state index contributed by atoms with van der Waals surface area (Å²) in [6.07, 6.45) is 4.62. The summed E-state index contributed by atoms with van der Waals surface area (Å²) < 4.78 is 42.3. The van der Waals surface area contributed by atoms with Crippen molar-refractivity contribution in [3.63, 3.8) is 0 Å². The van der Waals surface area contributed by atoms with Crippen LogP contribution in [-0.2, 0) is 0 Å². The van der Waals surface area contributed by atoms with Crippen LogP contribution < -0.4 is 15.4 Å². The van der Waals surface area contributed by atoms with Gasteiger partial charge in [0.05, 0.1) is 5.69 Å². The van der Waals surface area contributed by atoms with Gasteiger partial charge in [-0.25, -0.2) is 0 Å². The lowest BCUT2D eigenvalue weighted by atomic mass is 9.94. The van der Waals surface area contributed by atoms with Gasteiger partial charge >= 0.3 is 6.18 Å².